The number of para-hydroxylation sites is 2. The number of nitrogens with one attached hydrogen (secondary N) is 1. The van der Waals surface area contributed by atoms with Gasteiger partial charge in [0.05, 0.1) is 34.4 Å². The lowest BCUT2D eigenvalue weighted by atomic mass is 10.0. The van der Waals surface area contributed by atoms with Crippen molar-refractivity contribution in [1.82, 2.24) is 29.1 Å². The summed E-state index contributed by atoms with van der Waals surface area (Å²) < 4.78 is 4.60. The molecule has 2 aromatic carbocycles. The van der Waals surface area contributed by atoms with Crippen molar-refractivity contribution in [2.24, 2.45) is 0 Å². The molecule has 2 N–H and O–H groups in total. The number of fused-ring (bicyclic) bond motifs is 2. The molecule has 1 amide bonds. The molecule has 0 radical (unpaired) electrons. The summed E-state index contributed by atoms with van der Waals surface area (Å²) in [4.78, 5) is 31.8. The van der Waals surface area contributed by atoms with Crippen LogP contribution in [-0.2, 0) is 24.3 Å². The smallest absolute Gasteiger partial charge is 0.326 e. The van der Waals surface area contributed by atoms with Crippen molar-refractivity contribution in [1.29, 1.82) is 0 Å². The Morgan fingerprint density at radius 1 is 1.18 bits per heavy atom. The molecule has 0 saturated carbocycles. The van der Waals surface area contributed by atoms with E-state index in [1.165, 1.54) is 0 Å². The number of carbonyl (C=O) groups excluding carboxylic acids is 1. The van der Waals surface area contributed by atoms with Gasteiger partial charge < -0.3 is 19.9 Å². The molecule has 1 atom stereocenters. The number of aliphatic hydroxyl groups is 1. The Kier molecular flexibility index (Phi) is 7.60. The predicted molar refractivity (Wildman–Crippen MR) is 158 cm³/mol. The van der Waals surface area contributed by atoms with E-state index >= 15 is 0 Å². The van der Waals surface area contributed by atoms with E-state index in [2.05, 4.69) is 25.8 Å². The van der Waals surface area contributed by atoms with Crippen LogP contribution in [0.15, 0.2) is 51.7 Å². The normalized spacial score (nSPS) is 17.4. The second-order valence-electron chi connectivity index (χ2n) is 10.8. The molecule has 1 fully saturated rings. The average Bonchev–Trinajstić information content (AvgIpc) is 3.47. The van der Waals surface area contributed by atoms with Gasteiger partial charge in [-0.25, -0.2) is 4.79 Å². The number of piperidine rings is 1. The number of benzene rings is 2. The molecule has 0 aliphatic carbocycles. The van der Waals surface area contributed by atoms with Gasteiger partial charge in [-0.2, -0.15) is 5.10 Å². The highest BCUT2D eigenvalue weighted by molar-refractivity contribution is 9.10. The Labute approximate surface area is 245 Å². The Balaban J connectivity index is 1.16. The number of halogens is 2. The number of nitrogens with zero attached hydrogens (tertiary/aromatic N) is 5. The standard InChI is InChI=1S/C29H32BrClN6O3/c1-18(38)35-13-10-26-22(17-35)28(19-6-7-24(31)23(30)14-19)33-36(26)16-21(39)15-34-11-8-20(9-12-34)37-27-5-3-2-4-25(27)32-29(37)40/h2-7,14,20-21,39H,8-13,15-17H2,1H3,(H,32,40). The molecule has 4 heterocycles. The molecule has 4 aromatic rings. The van der Waals surface area contributed by atoms with Gasteiger partial charge in [0, 0.05) is 73.4 Å². The maximum Gasteiger partial charge on any atom is 0.326 e. The van der Waals surface area contributed by atoms with Gasteiger partial charge in [-0.3, -0.25) is 14.0 Å². The van der Waals surface area contributed by atoms with Gasteiger partial charge in [0.2, 0.25) is 5.91 Å². The van der Waals surface area contributed by atoms with Crippen molar-refractivity contribution in [3.63, 3.8) is 0 Å². The van der Waals surface area contributed by atoms with Gasteiger partial charge in [0.15, 0.2) is 0 Å². The highest BCUT2D eigenvalue weighted by Gasteiger charge is 2.29. The molecule has 210 valence electrons. The molecular weight excluding hydrogens is 596 g/mol. The highest BCUT2D eigenvalue weighted by Crippen LogP contribution is 2.34. The van der Waals surface area contributed by atoms with E-state index in [9.17, 15) is 14.7 Å². The molecule has 2 aliphatic heterocycles. The first-order valence-electron chi connectivity index (χ1n) is 13.7. The third-order valence-electron chi connectivity index (χ3n) is 8.17. The quantitative estimate of drug-likeness (QED) is 0.334. The van der Waals surface area contributed by atoms with E-state index in [-0.39, 0.29) is 17.6 Å². The van der Waals surface area contributed by atoms with E-state index < -0.39 is 6.10 Å². The van der Waals surface area contributed by atoms with Gasteiger partial charge in [0.1, 0.15) is 0 Å². The van der Waals surface area contributed by atoms with Crippen LogP contribution in [0.25, 0.3) is 22.3 Å². The number of imidazole rings is 1. The fourth-order valence-electron chi connectivity index (χ4n) is 6.14. The Morgan fingerprint density at radius 2 is 1.95 bits per heavy atom. The lowest BCUT2D eigenvalue weighted by Gasteiger charge is -2.33. The summed E-state index contributed by atoms with van der Waals surface area (Å²) in [5.41, 5.74) is 5.57. The summed E-state index contributed by atoms with van der Waals surface area (Å²) in [7, 11) is 0. The molecular formula is C29H32BrClN6O3. The number of aliphatic hydroxyl groups excluding tert-OH is 1. The van der Waals surface area contributed by atoms with Gasteiger partial charge in [-0.1, -0.05) is 29.8 Å². The number of H-pyrrole nitrogens is 1. The molecule has 0 bridgehead atoms. The van der Waals surface area contributed by atoms with Crippen LogP contribution < -0.4 is 5.69 Å². The minimum atomic E-state index is -0.605. The summed E-state index contributed by atoms with van der Waals surface area (Å²) in [6.07, 6.45) is 1.78. The van der Waals surface area contributed by atoms with Gasteiger partial charge >= 0.3 is 5.69 Å². The SMILES string of the molecule is CC(=O)N1CCc2c(c(-c3ccc(Cl)c(Br)c3)nn2CC(O)CN2CCC(n3c(=O)[nH]c4ccccc43)CC2)C1. The minimum Gasteiger partial charge on any atom is -0.390 e. The van der Waals surface area contributed by atoms with E-state index in [1.807, 2.05) is 56.6 Å². The van der Waals surface area contributed by atoms with Crippen LogP contribution in [-0.4, -0.2) is 72.4 Å². The zero-order valence-corrected chi connectivity index (χ0v) is 24.7. The van der Waals surface area contributed by atoms with Crippen LogP contribution in [0, 0.1) is 0 Å². The first kappa shape index (κ1) is 27.3. The van der Waals surface area contributed by atoms with Gasteiger partial charge in [0.25, 0.3) is 0 Å². The lowest BCUT2D eigenvalue weighted by Crippen LogP contribution is -2.42. The lowest BCUT2D eigenvalue weighted by molar-refractivity contribution is -0.129. The number of aromatic nitrogens is 4. The van der Waals surface area contributed by atoms with E-state index in [0.29, 0.717) is 37.6 Å². The predicted octanol–water partition coefficient (Wildman–Crippen LogP) is 4.21. The fourth-order valence-corrected chi connectivity index (χ4v) is 6.63. The minimum absolute atomic E-state index is 0.0416. The number of β-amino-alcohol motifs (C(OH)–C–C–N with tert-alkyl or cyclic N) is 1. The molecule has 11 heteroatoms. The summed E-state index contributed by atoms with van der Waals surface area (Å²) in [5, 5.41) is 16.7. The second-order valence-corrected chi connectivity index (χ2v) is 12.0. The molecule has 1 unspecified atom stereocenters. The van der Waals surface area contributed by atoms with Crippen LogP contribution in [0.5, 0.6) is 0 Å². The van der Waals surface area contributed by atoms with Crippen LogP contribution in [0.4, 0.5) is 0 Å². The second kappa shape index (κ2) is 11.2. The summed E-state index contributed by atoms with van der Waals surface area (Å²) in [5.74, 6) is 0.0416. The Morgan fingerprint density at radius 3 is 2.70 bits per heavy atom. The summed E-state index contributed by atoms with van der Waals surface area (Å²) in [6, 6.07) is 13.7. The maximum absolute atomic E-state index is 12.6. The van der Waals surface area contributed by atoms with E-state index in [1.54, 1.807) is 6.92 Å². The average molecular weight is 628 g/mol. The first-order valence-corrected chi connectivity index (χ1v) is 14.8. The van der Waals surface area contributed by atoms with Crippen molar-refractivity contribution >= 4 is 44.5 Å². The summed E-state index contributed by atoms with van der Waals surface area (Å²) >= 11 is 9.74. The number of hydrogen-bond acceptors (Lipinski definition) is 5. The van der Waals surface area contributed by atoms with Crippen LogP contribution in [0.3, 0.4) is 0 Å². The Hall–Kier alpha value is -2.92. The molecule has 0 spiro atoms. The van der Waals surface area contributed by atoms with Gasteiger partial charge in [-0.15, -0.1) is 0 Å². The monoisotopic (exact) mass is 626 g/mol. The number of amides is 1. The molecule has 6 rings (SSSR count). The number of carbonyl (C=O) groups is 1. The fraction of sp³-hybridized carbons (Fsp3) is 0.414. The number of hydrogen-bond donors (Lipinski definition) is 2. The van der Waals surface area contributed by atoms with Crippen molar-refractivity contribution < 1.29 is 9.90 Å². The topological polar surface area (TPSA) is 99.4 Å². The van der Waals surface area contributed by atoms with Gasteiger partial charge in [-0.05, 0) is 53.0 Å². The largest absolute Gasteiger partial charge is 0.390 e. The zero-order valence-electron chi connectivity index (χ0n) is 22.3. The number of likely N-dealkylation sites (tertiary alicyclic amines) is 1. The molecule has 2 aromatic heterocycles. The maximum atomic E-state index is 12.6. The van der Waals surface area contributed by atoms with Crippen molar-refractivity contribution in [2.75, 3.05) is 26.2 Å². The van der Waals surface area contributed by atoms with Crippen LogP contribution >= 0.6 is 27.5 Å². The van der Waals surface area contributed by atoms with E-state index in [0.717, 1.165) is 64.0 Å². The zero-order chi connectivity index (χ0) is 28.0. The molecule has 2 aliphatic rings. The van der Waals surface area contributed by atoms with Crippen molar-refractivity contribution in [2.45, 2.75) is 51.4 Å². The van der Waals surface area contributed by atoms with Crippen LogP contribution in [0.1, 0.15) is 37.1 Å². The summed E-state index contributed by atoms with van der Waals surface area (Å²) in [6.45, 7) is 5.25. The highest BCUT2D eigenvalue weighted by atomic mass is 79.9. The third kappa shape index (κ3) is 5.25. The third-order valence-corrected chi connectivity index (χ3v) is 9.39. The molecule has 9 nitrogen and oxygen atoms in total. The number of rotatable bonds is 6. The first-order chi connectivity index (χ1) is 19.3. The molecule has 1 saturated heterocycles. The molecule has 40 heavy (non-hydrogen) atoms. The van der Waals surface area contributed by atoms with Crippen molar-refractivity contribution in [3.8, 4) is 11.3 Å². The van der Waals surface area contributed by atoms with Crippen LogP contribution in [0.2, 0.25) is 5.02 Å². The van der Waals surface area contributed by atoms with Crippen molar-refractivity contribution in [3.05, 3.63) is 73.7 Å². The van der Waals surface area contributed by atoms with E-state index in [4.69, 9.17) is 16.7 Å². The number of aromatic amines is 1. The Bertz CT molecular complexity index is 1620.